The molecule has 8 aromatic rings. The number of pyridine rings is 1. The predicted octanol–water partition coefficient (Wildman–Crippen LogP) is 7.53. The molecule has 8 rings (SSSR count). The number of imidazole rings is 1. The Kier molecular flexibility index (Phi) is 3.63. The smallest absolute Gasteiger partial charge is 0.150 e. The number of aromatic nitrogens is 4. The summed E-state index contributed by atoms with van der Waals surface area (Å²) < 4.78 is 6.90. The van der Waals surface area contributed by atoms with Gasteiger partial charge in [0.2, 0.25) is 0 Å². The summed E-state index contributed by atoms with van der Waals surface area (Å²) in [7, 11) is 0. The third-order valence-corrected chi connectivity index (χ3v) is 7.05. The van der Waals surface area contributed by atoms with E-state index in [0.717, 1.165) is 39.1 Å². The molecule has 4 heterocycles. The maximum absolute atomic E-state index is 4.99. The first-order chi connectivity index (χ1) is 17.4. The molecule has 0 atom stereocenters. The van der Waals surface area contributed by atoms with E-state index in [1.54, 1.807) is 0 Å². The summed E-state index contributed by atoms with van der Waals surface area (Å²) in [6.45, 7) is 0. The zero-order valence-corrected chi connectivity index (χ0v) is 18.8. The third kappa shape index (κ3) is 2.48. The highest BCUT2D eigenvalue weighted by Gasteiger charge is 2.19. The molecule has 0 aliphatic rings. The molecule has 164 valence electrons. The monoisotopic (exact) mass is 448 g/mol. The standard InChI is InChI=1S/C31H20N4/c1-2-10-21(11-3-1)34-26-14-6-4-12-23(26)24-18-17-22(20-28(24)34)35-27-15-7-5-13-25(27)30-31(35)33-19-9-8-16-29(33)32-30/h1-20H. The fraction of sp³-hybridized carbons (Fsp3) is 0. The quantitative estimate of drug-likeness (QED) is 0.269. The van der Waals surface area contributed by atoms with Crippen molar-refractivity contribution in [1.29, 1.82) is 0 Å². The summed E-state index contributed by atoms with van der Waals surface area (Å²) in [5, 5.41) is 3.67. The van der Waals surface area contributed by atoms with Gasteiger partial charge in [0, 0.05) is 33.7 Å². The van der Waals surface area contributed by atoms with Gasteiger partial charge in [-0.3, -0.25) is 8.97 Å². The predicted molar refractivity (Wildman–Crippen MR) is 144 cm³/mol. The van der Waals surface area contributed by atoms with E-state index < -0.39 is 0 Å². The first-order valence-electron chi connectivity index (χ1n) is 11.8. The molecule has 4 aromatic heterocycles. The normalized spacial score (nSPS) is 12.0. The summed E-state index contributed by atoms with van der Waals surface area (Å²) >= 11 is 0. The lowest BCUT2D eigenvalue weighted by molar-refractivity contribution is 1.09. The topological polar surface area (TPSA) is 27.2 Å². The lowest BCUT2D eigenvalue weighted by atomic mass is 10.1. The Bertz CT molecular complexity index is 2050. The first-order valence-corrected chi connectivity index (χ1v) is 11.8. The first kappa shape index (κ1) is 18.6. The minimum atomic E-state index is 0.955. The molecule has 35 heavy (non-hydrogen) atoms. The fourth-order valence-electron chi connectivity index (χ4n) is 5.57. The summed E-state index contributed by atoms with van der Waals surface area (Å²) in [5.74, 6) is 0. The molecule has 4 aromatic carbocycles. The molecule has 4 nitrogen and oxygen atoms in total. The maximum atomic E-state index is 4.99. The number of nitrogens with zero attached hydrogens (tertiary/aromatic N) is 4. The highest BCUT2D eigenvalue weighted by Crippen LogP contribution is 2.36. The van der Waals surface area contributed by atoms with Gasteiger partial charge in [0.15, 0.2) is 5.65 Å². The van der Waals surface area contributed by atoms with Crippen molar-refractivity contribution in [3.8, 4) is 11.4 Å². The Hall–Kier alpha value is -4.83. The van der Waals surface area contributed by atoms with Crippen LogP contribution in [0.2, 0.25) is 0 Å². The van der Waals surface area contributed by atoms with Crippen molar-refractivity contribution in [2.24, 2.45) is 0 Å². The second kappa shape index (κ2) is 6.84. The Morgan fingerprint density at radius 3 is 2.03 bits per heavy atom. The van der Waals surface area contributed by atoms with Crippen LogP contribution in [-0.2, 0) is 0 Å². The minimum absolute atomic E-state index is 0.955. The Morgan fingerprint density at radius 2 is 1.17 bits per heavy atom. The molecule has 0 amide bonds. The number of hydrogen-bond acceptors (Lipinski definition) is 1. The molecule has 0 saturated heterocycles. The van der Waals surface area contributed by atoms with Gasteiger partial charge in [0.1, 0.15) is 11.2 Å². The van der Waals surface area contributed by atoms with Crippen LogP contribution < -0.4 is 0 Å². The van der Waals surface area contributed by atoms with Crippen LogP contribution in [0.15, 0.2) is 121 Å². The van der Waals surface area contributed by atoms with Crippen LogP contribution >= 0.6 is 0 Å². The van der Waals surface area contributed by atoms with Crippen molar-refractivity contribution < 1.29 is 0 Å². The molecule has 4 heteroatoms. The van der Waals surface area contributed by atoms with Crippen molar-refractivity contribution >= 4 is 49.5 Å². The van der Waals surface area contributed by atoms with Gasteiger partial charge >= 0.3 is 0 Å². The van der Waals surface area contributed by atoms with E-state index in [-0.39, 0.29) is 0 Å². The molecule has 0 N–H and O–H groups in total. The largest absolute Gasteiger partial charge is 0.309 e. The van der Waals surface area contributed by atoms with Crippen LogP contribution in [0.5, 0.6) is 0 Å². The molecule has 0 saturated carbocycles. The molecular weight excluding hydrogens is 428 g/mol. The van der Waals surface area contributed by atoms with E-state index in [1.165, 1.54) is 21.8 Å². The third-order valence-electron chi connectivity index (χ3n) is 7.05. The lowest BCUT2D eigenvalue weighted by Gasteiger charge is -2.11. The van der Waals surface area contributed by atoms with Crippen LogP contribution in [0, 0.1) is 0 Å². The van der Waals surface area contributed by atoms with E-state index in [4.69, 9.17) is 4.98 Å². The van der Waals surface area contributed by atoms with Crippen LogP contribution in [0.4, 0.5) is 0 Å². The van der Waals surface area contributed by atoms with Crippen molar-refractivity contribution in [3.05, 3.63) is 121 Å². The summed E-state index contributed by atoms with van der Waals surface area (Å²) in [6, 6.07) is 40.8. The van der Waals surface area contributed by atoms with Gasteiger partial charge in [-0.1, -0.05) is 66.7 Å². The van der Waals surface area contributed by atoms with E-state index >= 15 is 0 Å². The van der Waals surface area contributed by atoms with Gasteiger partial charge in [-0.25, -0.2) is 4.98 Å². The molecule has 0 unspecified atom stereocenters. The van der Waals surface area contributed by atoms with Gasteiger partial charge in [0.25, 0.3) is 0 Å². The van der Waals surface area contributed by atoms with Crippen LogP contribution in [0.3, 0.4) is 0 Å². The van der Waals surface area contributed by atoms with Gasteiger partial charge in [-0.15, -0.1) is 0 Å². The number of para-hydroxylation sites is 3. The zero-order chi connectivity index (χ0) is 22.9. The van der Waals surface area contributed by atoms with Gasteiger partial charge in [-0.2, -0.15) is 0 Å². The maximum Gasteiger partial charge on any atom is 0.150 e. The SMILES string of the molecule is c1ccc(-n2c3ccccc3c3ccc(-n4c5ccccc5c5nc6ccccn6c54)cc32)cc1. The van der Waals surface area contributed by atoms with Crippen molar-refractivity contribution in [2.45, 2.75) is 0 Å². The molecular formula is C31H20N4. The summed E-state index contributed by atoms with van der Waals surface area (Å²) in [4.78, 5) is 4.99. The molecule has 0 radical (unpaired) electrons. The van der Waals surface area contributed by atoms with E-state index in [0.29, 0.717) is 0 Å². The molecule has 0 fully saturated rings. The van der Waals surface area contributed by atoms with Crippen LogP contribution in [0.1, 0.15) is 0 Å². The average molecular weight is 449 g/mol. The van der Waals surface area contributed by atoms with E-state index in [1.807, 2.05) is 6.07 Å². The van der Waals surface area contributed by atoms with Crippen molar-refractivity contribution in [2.75, 3.05) is 0 Å². The highest BCUT2D eigenvalue weighted by molar-refractivity contribution is 6.11. The molecule has 0 aliphatic carbocycles. The molecule has 0 bridgehead atoms. The Balaban J connectivity index is 1.53. The van der Waals surface area contributed by atoms with Crippen molar-refractivity contribution in [1.82, 2.24) is 18.5 Å². The van der Waals surface area contributed by atoms with Crippen LogP contribution in [0.25, 0.3) is 60.9 Å². The average Bonchev–Trinajstić information content (AvgIpc) is 3.56. The zero-order valence-electron chi connectivity index (χ0n) is 18.8. The van der Waals surface area contributed by atoms with E-state index in [9.17, 15) is 0 Å². The summed E-state index contributed by atoms with van der Waals surface area (Å²) in [6.07, 6.45) is 2.10. The van der Waals surface area contributed by atoms with Gasteiger partial charge < -0.3 is 4.57 Å². The van der Waals surface area contributed by atoms with E-state index in [2.05, 4.69) is 129 Å². The molecule has 0 spiro atoms. The number of rotatable bonds is 2. The second-order valence-corrected chi connectivity index (χ2v) is 8.95. The highest BCUT2D eigenvalue weighted by atomic mass is 15.1. The second-order valence-electron chi connectivity index (χ2n) is 8.95. The molecule has 0 aliphatic heterocycles. The van der Waals surface area contributed by atoms with Crippen LogP contribution in [-0.4, -0.2) is 18.5 Å². The minimum Gasteiger partial charge on any atom is -0.309 e. The van der Waals surface area contributed by atoms with Gasteiger partial charge in [0.05, 0.1) is 16.6 Å². The number of fused-ring (bicyclic) bond motifs is 8. The Labute approximate surface area is 200 Å². The van der Waals surface area contributed by atoms with Crippen molar-refractivity contribution in [3.63, 3.8) is 0 Å². The Morgan fingerprint density at radius 1 is 0.486 bits per heavy atom. The number of hydrogen-bond donors (Lipinski definition) is 0. The van der Waals surface area contributed by atoms with Gasteiger partial charge in [-0.05, 0) is 48.5 Å². The number of benzene rings is 4. The lowest BCUT2D eigenvalue weighted by Crippen LogP contribution is -1.98. The fourth-order valence-corrected chi connectivity index (χ4v) is 5.57. The summed E-state index contributed by atoms with van der Waals surface area (Å²) in [5.41, 5.74) is 8.90.